The maximum absolute atomic E-state index is 13.1. The third-order valence-electron chi connectivity index (χ3n) is 4.10. The van der Waals surface area contributed by atoms with Gasteiger partial charge < -0.3 is 0 Å². The van der Waals surface area contributed by atoms with Crippen LogP contribution in [0.15, 0.2) is 47.4 Å². The molecule has 0 bridgehead atoms. The van der Waals surface area contributed by atoms with Gasteiger partial charge in [-0.15, -0.1) is 0 Å². The standard InChI is InChI=1S/C17H18FNO2S/c1-12-3-8-16(13(2)11-12)22(20,21)19-17(9-10-17)14-4-6-15(18)7-5-14/h3-8,11,19H,9-10H2,1-2H3. The Labute approximate surface area is 130 Å². The summed E-state index contributed by atoms with van der Waals surface area (Å²) < 4.78 is 41.2. The average molecular weight is 319 g/mol. The maximum Gasteiger partial charge on any atom is 0.241 e. The number of nitrogens with one attached hydrogen (secondary N) is 1. The predicted octanol–water partition coefficient (Wildman–Crippen LogP) is 3.41. The molecular formula is C17H18FNO2S. The Morgan fingerprint density at radius 1 is 1.05 bits per heavy atom. The zero-order chi connectivity index (χ0) is 16.0. The maximum atomic E-state index is 13.1. The minimum atomic E-state index is -3.60. The highest BCUT2D eigenvalue weighted by Crippen LogP contribution is 2.46. The lowest BCUT2D eigenvalue weighted by molar-refractivity contribution is 0.550. The van der Waals surface area contributed by atoms with Crippen LogP contribution in [0, 0.1) is 19.7 Å². The minimum absolute atomic E-state index is 0.298. The highest BCUT2D eigenvalue weighted by molar-refractivity contribution is 7.89. The first-order valence-corrected chi connectivity index (χ1v) is 8.68. The SMILES string of the molecule is Cc1ccc(S(=O)(=O)NC2(c3ccc(F)cc3)CC2)c(C)c1. The fourth-order valence-corrected chi connectivity index (χ4v) is 4.43. The van der Waals surface area contributed by atoms with Gasteiger partial charge in [0.2, 0.25) is 10.0 Å². The normalized spacial score (nSPS) is 16.5. The molecule has 0 heterocycles. The summed E-state index contributed by atoms with van der Waals surface area (Å²) in [5.74, 6) is -0.322. The third kappa shape index (κ3) is 2.78. The van der Waals surface area contributed by atoms with Gasteiger partial charge in [0.25, 0.3) is 0 Å². The molecule has 1 aliphatic carbocycles. The van der Waals surface area contributed by atoms with Crippen molar-refractivity contribution >= 4 is 10.0 Å². The van der Waals surface area contributed by atoms with Gasteiger partial charge in [-0.1, -0.05) is 29.8 Å². The van der Waals surface area contributed by atoms with Gasteiger partial charge in [-0.25, -0.2) is 17.5 Å². The monoisotopic (exact) mass is 319 g/mol. The summed E-state index contributed by atoms with van der Waals surface area (Å²) in [5, 5.41) is 0. The average Bonchev–Trinajstić information content (AvgIpc) is 3.19. The molecule has 3 rings (SSSR count). The summed E-state index contributed by atoms with van der Waals surface area (Å²) in [5.41, 5.74) is 1.96. The molecule has 1 fully saturated rings. The van der Waals surface area contributed by atoms with Crippen LogP contribution in [0.1, 0.15) is 29.5 Å². The summed E-state index contributed by atoms with van der Waals surface area (Å²) in [6.07, 6.45) is 1.45. The van der Waals surface area contributed by atoms with Crippen LogP contribution in [0.25, 0.3) is 0 Å². The molecule has 22 heavy (non-hydrogen) atoms. The number of sulfonamides is 1. The van der Waals surface area contributed by atoms with Crippen molar-refractivity contribution in [1.29, 1.82) is 0 Å². The number of aryl methyl sites for hydroxylation is 2. The zero-order valence-corrected chi connectivity index (χ0v) is 13.4. The first kappa shape index (κ1) is 15.2. The lowest BCUT2D eigenvalue weighted by atomic mass is 10.1. The van der Waals surface area contributed by atoms with Gasteiger partial charge in [-0.3, -0.25) is 0 Å². The number of hydrogen-bond acceptors (Lipinski definition) is 2. The lowest BCUT2D eigenvalue weighted by Crippen LogP contribution is -2.35. The quantitative estimate of drug-likeness (QED) is 0.938. The van der Waals surface area contributed by atoms with Gasteiger partial charge in [-0.05, 0) is 56.0 Å². The van der Waals surface area contributed by atoms with E-state index < -0.39 is 15.6 Å². The number of rotatable bonds is 4. The molecular weight excluding hydrogens is 301 g/mol. The lowest BCUT2D eigenvalue weighted by Gasteiger charge is -2.19. The Morgan fingerprint density at radius 2 is 1.68 bits per heavy atom. The van der Waals surface area contributed by atoms with Crippen LogP contribution in [-0.4, -0.2) is 8.42 Å². The Bertz CT molecular complexity index is 809. The Morgan fingerprint density at radius 3 is 2.23 bits per heavy atom. The van der Waals surface area contributed by atoms with E-state index in [1.165, 1.54) is 12.1 Å². The molecule has 0 aliphatic heterocycles. The van der Waals surface area contributed by atoms with Crippen molar-refractivity contribution in [2.45, 2.75) is 37.1 Å². The van der Waals surface area contributed by atoms with Crippen LogP contribution in [-0.2, 0) is 15.6 Å². The Hall–Kier alpha value is -1.72. The van der Waals surface area contributed by atoms with Gasteiger partial charge >= 0.3 is 0 Å². The van der Waals surface area contributed by atoms with E-state index in [0.29, 0.717) is 4.90 Å². The fourth-order valence-electron chi connectivity index (χ4n) is 2.76. The van der Waals surface area contributed by atoms with Gasteiger partial charge in [0.1, 0.15) is 5.82 Å². The van der Waals surface area contributed by atoms with E-state index in [0.717, 1.165) is 29.5 Å². The van der Waals surface area contributed by atoms with Crippen molar-refractivity contribution in [1.82, 2.24) is 4.72 Å². The van der Waals surface area contributed by atoms with Crippen molar-refractivity contribution < 1.29 is 12.8 Å². The molecule has 5 heteroatoms. The summed E-state index contributed by atoms with van der Waals surface area (Å²) in [6, 6.07) is 11.3. The Balaban J connectivity index is 1.93. The summed E-state index contributed by atoms with van der Waals surface area (Å²) in [7, 11) is -3.60. The molecule has 116 valence electrons. The molecule has 2 aromatic carbocycles. The number of benzene rings is 2. The van der Waals surface area contributed by atoms with E-state index >= 15 is 0 Å². The van der Waals surface area contributed by atoms with E-state index in [2.05, 4.69) is 4.72 Å². The van der Waals surface area contributed by atoms with Crippen LogP contribution in [0.5, 0.6) is 0 Å². The van der Waals surface area contributed by atoms with Gasteiger partial charge in [0.05, 0.1) is 10.4 Å². The molecule has 1 aliphatic rings. The number of hydrogen-bond donors (Lipinski definition) is 1. The second-order valence-corrected chi connectivity index (χ2v) is 7.61. The second kappa shape index (κ2) is 5.18. The number of halogens is 1. The highest BCUT2D eigenvalue weighted by Gasteiger charge is 2.47. The molecule has 1 N–H and O–H groups in total. The van der Waals surface area contributed by atoms with Gasteiger partial charge in [-0.2, -0.15) is 0 Å². The molecule has 0 atom stereocenters. The van der Waals surface area contributed by atoms with Crippen LogP contribution >= 0.6 is 0 Å². The highest BCUT2D eigenvalue weighted by atomic mass is 32.2. The molecule has 0 saturated heterocycles. The van der Waals surface area contributed by atoms with Gasteiger partial charge in [0, 0.05) is 0 Å². The molecule has 0 amide bonds. The minimum Gasteiger partial charge on any atom is -0.207 e. The molecule has 0 unspecified atom stereocenters. The molecule has 1 saturated carbocycles. The van der Waals surface area contributed by atoms with Crippen molar-refractivity contribution in [2.24, 2.45) is 0 Å². The smallest absolute Gasteiger partial charge is 0.207 e. The van der Waals surface area contributed by atoms with E-state index in [9.17, 15) is 12.8 Å². The van der Waals surface area contributed by atoms with E-state index in [1.54, 1.807) is 31.2 Å². The van der Waals surface area contributed by atoms with Crippen LogP contribution in [0.3, 0.4) is 0 Å². The van der Waals surface area contributed by atoms with E-state index in [4.69, 9.17) is 0 Å². The Kier molecular flexibility index (Phi) is 3.57. The predicted molar refractivity (Wildman–Crippen MR) is 83.5 cm³/mol. The second-order valence-electron chi connectivity index (χ2n) is 5.96. The van der Waals surface area contributed by atoms with Crippen LogP contribution in [0.4, 0.5) is 4.39 Å². The van der Waals surface area contributed by atoms with Gasteiger partial charge in [0.15, 0.2) is 0 Å². The van der Waals surface area contributed by atoms with Crippen molar-refractivity contribution in [3.8, 4) is 0 Å². The van der Waals surface area contributed by atoms with Crippen LogP contribution in [0.2, 0.25) is 0 Å². The van der Waals surface area contributed by atoms with Crippen molar-refractivity contribution in [2.75, 3.05) is 0 Å². The largest absolute Gasteiger partial charge is 0.241 e. The molecule has 0 aromatic heterocycles. The van der Waals surface area contributed by atoms with E-state index in [1.807, 2.05) is 13.0 Å². The third-order valence-corrected chi connectivity index (χ3v) is 5.79. The van der Waals surface area contributed by atoms with Crippen molar-refractivity contribution in [3.63, 3.8) is 0 Å². The molecule has 0 radical (unpaired) electrons. The molecule has 3 nitrogen and oxygen atoms in total. The summed E-state index contributed by atoms with van der Waals surface area (Å²) in [6.45, 7) is 3.72. The summed E-state index contributed by atoms with van der Waals surface area (Å²) >= 11 is 0. The van der Waals surface area contributed by atoms with E-state index in [-0.39, 0.29) is 5.82 Å². The van der Waals surface area contributed by atoms with Crippen LogP contribution < -0.4 is 4.72 Å². The summed E-state index contributed by atoms with van der Waals surface area (Å²) in [4.78, 5) is 0.298. The molecule has 2 aromatic rings. The first-order valence-electron chi connectivity index (χ1n) is 7.20. The fraction of sp³-hybridized carbons (Fsp3) is 0.294. The first-order chi connectivity index (χ1) is 10.3. The van der Waals surface area contributed by atoms with Crippen molar-refractivity contribution in [3.05, 3.63) is 65.0 Å². The molecule has 0 spiro atoms. The zero-order valence-electron chi connectivity index (χ0n) is 12.6. The topological polar surface area (TPSA) is 46.2 Å².